The molecule has 3 aromatic rings. The van der Waals surface area contributed by atoms with Crippen LogP contribution in [0.5, 0.6) is 11.5 Å². The summed E-state index contributed by atoms with van der Waals surface area (Å²) in [5.41, 5.74) is 2.05. The summed E-state index contributed by atoms with van der Waals surface area (Å²) in [6.45, 7) is 3.01. The molecule has 33 heavy (non-hydrogen) atoms. The molecule has 172 valence electrons. The minimum Gasteiger partial charge on any atom is -0.504 e. The van der Waals surface area contributed by atoms with Crippen LogP contribution in [0.15, 0.2) is 45.9 Å². The van der Waals surface area contributed by atoms with E-state index < -0.39 is 6.04 Å². The average Bonchev–Trinajstić information content (AvgIpc) is 3.58. The van der Waals surface area contributed by atoms with E-state index in [0.29, 0.717) is 47.4 Å². The maximum Gasteiger partial charge on any atom is 0.322 e. The van der Waals surface area contributed by atoms with E-state index in [1.54, 1.807) is 23.1 Å². The number of benzene rings is 1. The number of thiophene rings is 1. The van der Waals surface area contributed by atoms with E-state index in [1.807, 2.05) is 24.4 Å². The fourth-order valence-electron chi connectivity index (χ4n) is 4.25. The van der Waals surface area contributed by atoms with Crippen LogP contribution in [-0.2, 0) is 4.74 Å². The fraction of sp³-hybridized carbons (Fsp3) is 0.348. The Kier molecular flexibility index (Phi) is 5.77. The summed E-state index contributed by atoms with van der Waals surface area (Å²) in [4.78, 5) is 20.3. The lowest BCUT2D eigenvalue weighted by Gasteiger charge is -2.36. The molecule has 2 amide bonds. The van der Waals surface area contributed by atoms with Crippen molar-refractivity contribution in [3.05, 3.63) is 52.9 Å². The molecule has 1 saturated heterocycles. The Morgan fingerprint density at radius 2 is 2.24 bits per heavy atom. The molecule has 0 spiro atoms. The van der Waals surface area contributed by atoms with E-state index in [2.05, 4.69) is 15.5 Å². The van der Waals surface area contributed by atoms with Gasteiger partial charge >= 0.3 is 6.03 Å². The van der Waals surface area contributed by atoms with Gasteiger partial charge in [-0.1, -0.05) is 17.3 Å². The zero-order valence-electron chi connectivity index (χ0n) is 18.3. The minimum atomic E-state index is -0.591. The van der Waals surface area contributed by atoms with E-state index in [1.165, 1.54) is 18.4 Å². The van der Waals surface area contributed by atoms with E-state index in [0.717, 1.165) is 17.7 Å². The van der Waals surface area contributed by atoms with Crippen LogP contribution in [0.4, 0.5) is 4.79 Å². The van der Waals surface area contributed by atoms with Crippen molar-refractivity contribution in [1.82, 2.24) is 20.4 Å². The summed E-state index contributed by atoms with van der Waals surface area (Å²) in [7, 11) is 1.49. The van der Waals surface area contributed by atoms with Gasteiger partial charge in [0.2, 0.25) is 5.82 Å². The Morgan fingerprint density at radius 1 is 1.36 bits per heavy atom. The largest absolute Gasteiger partial charge is 0.504 e. The Labute approximate surface area is 194 Å². The van der Waals surface area contributed by atoms with Gasteiger partial charge in [0, 0.05) is 12.3 Å². The van der Waals surface area contributed by atoms with Crippen LogP contribution in [0.25, 0.3) is 16.3 Å². The molecule has 1 fully saturated rings. The second-order valence-corrected chi connectivity index (χ2v) is 8.91. The van der Waals surface area contributed by atoms with Crippen molar-refractivity contribution >= 4 is 22.9 Å². The number of carbonyl (C=O) groups excluding carboxylic acids is 1. The highest BCUT2D eigenvalue weighted by atomic mass is 32.1. The number of methoxy groups -OCH3 is 1. The number of carbonyl (C=O) groups is 1. The van der Waals surface area contributed by atoms with Crippen molar-refractivity contribution in [2.45, 2.75) is 31.9 Å². The molecule has 2 atom stereocenters. The summed E-state index contributed by atoms with van der Waals surface area (Å²) in [5, 5.41) is 19.5. The second kappa shape index (κ2) is 8.87. The van der Waals surface area contributed by atoms with E-state index in [-0.39, 0.29) is 17.9 Å². The molecule has 4 heterocycles. The van der Waals surface area contributed by atoms with Gasteiger partial charge < -0.3 is 24.4 Å². The van der Waals surface area contributed by atoms with Crippen LogP contribution < -0.4 is 10.1 Å². The van der Waals surface area contributed by atoms with Gasteiger partial charge in [0.15, 0.2) is 11.5 Å². The number of phenols is 1. The molecule has 0 saturated carbocycles. The lowest BCUT2D eigenvalue weighted by molar-refractivity contribution is 0.0877. The van der Waals surface area contributed by atoms with Crippen LogP contribution in [-0.4, -0.2) is 52.5 Å². The predicted octanol–water partition coefficient (Wildman–Crippen LogP) is 4.19. The van der Waals surface area contributed by atoms with Gasteiger partial charge in [0.25, 0.3) is 5.89 Å². The number of ether oxygens (including phenoxy) is 2. The molecule has 9 nitrogen and oxygen atoms in total. The van der Waals surface area contributed by atoms with Crippen molar-refractivity contribution in [3.8, 4) is 22.2 Å². The summed E-state index contributed by atoms with van der Waals surface area (Å²) in [5.74, 6) is 1.13. The third-order valence-corrected chi connectivity index (χ3v) is 6.81. The summed E-state index contributed by atoms with van der Waals surface area (Å²) >= 11 is 1.52. The molecule has 5 rings (SSSR count). The molecular weight excluding hydrogens is 444 g/mol. The summed E-state index contributed by atoms with van der Waals surface area (Å²) in [6.07, 6.45) is 1.88. The average molecular weight is 469 g/mol. The maximum absolute atomic E-state index is 13.1. The van der Waals surface area contributed by atoms with Crippen LogP contribution >= 0.6 is 11.3 Å². The Morgan fingerprint density at radius 3 is 2.94 bits per heavy atom. The monoisotopic (exact) mass is 468 g/mol. The topological polar surface area (TPSA) is 110 Å². The molecule has 1 aromatic carbocycles. The molecule has 2 unspecified atom stereocenters. The predicted molar refractivity (Wildman–Crippen MR) is 122 cm³/mol. The molecular formula is C23H24N4O5S. The number of phenolic OH excluding ortho intramolecular Hbond substituents is 1. The summed E-state index contributed by atoms with van der Waals surface area (Å²) in [6, 6.07) is 8.04. The number of allylic oxidation sites excluding steroid dienone is 1. The molecule has 2 aliphatic rings. The van der Waals surface area contributed by atoms with Crippen molar-refractivity contribution in [2.24, 2.45) is 0 Å². The zero-order valence-corrected chi connectivity index (χ0v) is 19.1. The van der Waals surface area contributed by atoms with Gasteiger partial charge in [0.05, 0.1) is 36.3 Å². The number of hydrogen-bond acceptors (Lipinski definition) is 8. The molecule has 2 aliphatic heterocycles. The Hall–Kier alpha value is -3.37. The first-order valence-electron chi connectivity index (χ1n) is 10.7. The van der Waals surface area contributed by atoms with Gasteiger partial charge in [-0.25, -0.2) is 4.79 Å². The third kappa shape index (κ3) is 4.07. The van der Waals surface area contributed by atoms with Crippen molar-refractivity contribution in [2.75, 3.05) is 20.3 Å². The first kappa shape index (κ1) is 21.5. The number of nitrogens with one attached hydrogen (secondary N) is 1. The van der Waals surface area contributed by atoms with Crippen LogP contribution in [0.1, 0.15) is 37.3 Å². The quantitative estimate of drug-likeness (QED) is 0.558. The van der Waals surface area contributed by atoms with E-state index in [4.69, 9.17) is 14.0 Å². The van der Waals surface area contributed by atoms with Gasteiger partial charge in [0.1, 0.15) is 0 Å². The molecule has 2 aromatic heterocycles. The Balaban J connectivity index is 1.58. The highest BCUT2D eigenvalue weighted by Gasteiger charge is 2.37. The van der Waals surface area contributed by atoms with Crippen LogP contribution in [0, 0.1) is 0 Å². The maximum atomic E-state index is 13.1. The first-order valence-corrected chi connectivity index (χ1v) is 11.6. The van der Waals surface area contributed by atoms with E-state index >= 15 is 0 Å². The number of aromatic hydroxyl groups is 1. The molecule has 2 N–H and O–H groups in total. The highest BCUT2D eigenvalue weighted by molar-refractivity contribution is 7.13. The third-order valence-electron chi connectivity index (χ3n) is 5.94. The second-order valence-electron chi connectivity index (χ2n) is 7.96. The number of hydrogen-bond donors (Lipinski definition) is 2. The van der Waals surface area contributed by atoms with Gasteiger partial charge in [-0.3, -0.25) is 4.90 Å². The SMILES string of the molecule is COc1ccc(C2NC(=O)N(CC3CCCO3)C(C)=C2c2nc(-c3cccs3)no2)cc1O. The molecule has 0 bridgehead atoms. The fourth-order valence-corrected chi connectivity index (χ4v) is 4.89. The lowest BCUT2D eigenvalue weighted by atomic mass is 9.94. The van der Waals surface area contributed by atoms with Gasteiger partial charge in [-0.05, 0) is 48.9 Å². The molecule has 0 radical (unpaired) electrons. The van der Waals surface area contributed by atoms with Gasteiger partial charge in [-0.2, -0.15) is 4.98 Å². The Bertz CT molecular complexity index is 1180. The number of aromatic nitrogens is 2. The minimum absolute atomic E-state index is 0.0158. The molecule has 0 aliphatic carbocycles. The van der Waals surface area contributed by atoms with Crippen molar-refractivity contribution in [3.63, 3.8) is 0 Å². The standard InChI is InChI=1S/C23H24N4O5S/c1-13-19(22-25-21(26-32-22)18-6-4-10-33-18)20(14-7-8-17(30-2)16(28)11-14)24-23(29)27(13)12-15-5-3-9-31-15/h4,6-8,10-11,15,20,28H,3,5,9,12H2,1-2H3,(H,24,29). The number of amides is 2. The zero-order chi connectivity index (χ0) is 22.9. The smallest absolute Gasteiger partial charge is 0.322 e. The van der Waals surface area contributed by atoms with Crippen LogP contribution in [0.2, 0.25) is 0 Å². The highest BCUT2D eigenvalue weighted by Crippen LogP contribution is 2.40. The normalized spacial score (nSPS) is 20.9. The number of nitrogens with zero attached hydrogens (tertiary/aromatic N) is 3. The van der Waals surface area contributed by atoms with E-state index in [9.17, 15) is 9.90 Å². The molecule has 10 heteroatoms. The first-order chi connectivity index (χ1) is 16.0. The van der Waals surface area contributed by atoms with Crippen molar-refractivity contribution in [1.29, 1.82) is 0 Å². The lowest BCUT2D eigenvalue weighted by Crippen LogP contribution is -2.48. The number of urea groups is 1. The summed E-state index contributed by atoms with van der Waals surface area (Å²) < 4.78 is 16.6. The van der Waals surface area contributed by atoms with Crippen LogP contribution in [0.3, 0.4) is 0 Å². The van der Waals surface area contributed by atoms with Gasteiger partial charge in [-0.15, -0.1) is 11.3 Å². The number of rotatable bonds is 6. The van der Waals surface area contributed by atoms with Crippen molar-refractivity contribution < 1.29 is 23.9 Å².